The van der Waals surface area contributed by atoms with E-state index in [-0.39, 0.29) is 28.6 Å². The number of aromatic nitrogens is 1. The molecule has 206 valence electrons. The van der Waals surface area contributed by atoms with Crippen molar-refractivity contribution in [3.05, 3.63) is 65.9 Å². The number of aryl methyl sites for hydroxylation is 1. The number of carbonyl (C=O) groups excluding carboxylic acids is 2. The number of fused-ring (bicyclic) bond motifs is 4. The largest absolute Gasteiger partial charge is 0.490 e. The summed E-state index contributed by atoms with van der Waals surface area (Å²) < 4.78 is 27.7. The van der Waals surface area contributed by atoms with Crippen LogP contribution >= 0.6 is 0 Å². The van der Waals surface area contributed by atoms with Crippen molar-refractivity contribution in [1.82, 2.24) is 10.1 Å². The van der Waals surface area contributed by atoms with Crippen LogP contribution in [0.15, 0.2) is 59.1 Å². The summed E-state index contributed by atoms with van der Waals surface area (Å²) in [6.45, 7) is 2.98. The van der Waals surface area contributed by atoms with Gasteiger partial charge in [0.1, 0.15) is 0 Å². The molecule has 1 saturated heterocycles. The maximum atomic E-state index is 12.4. The van der Waals surface area contributed by atoms with Crippen molar-refractivity contribution in [3.8, 4) is 23.0 Å². The normalized spacial score (nSPS) is 17.1. The summed E-state index contributed by atoms with van der Waals surface area (Å²) in [4.78, 5) is 27.1. The molecular weight excluding hydrogens is 512 g/mol. The highest BCUT2D eigenvalue weighted by Gasteiger charge is 2.33. The van der Waals surface area contributed by atoms with E-state index in [2.05, 4.69) is 52.5 Å². The number of piperidine rings is 1. The van der Waals surface area contributed by atoms with Crippen molar-refractivity contribution >= 4 is 33.7 Å². The van der Waals surface area contributed by atoms with Gasteiger partial charge in [-0.1, -0.05) is 47.6 Å². The maximum Gasteiger partial charge on any atom is 0.336 e. The molecule has 4 aromatic rings. The van der Waals surface area contributed by atoms with Gasteiger partial charge < -0.3 is 23.5 Å². The molecule has 6 rings (SSSR count). The van der Waals surface area contributed by atoms with Crippen LogP contribution in [0.2, 0.25) is 0 Å². The van der Waals surface area contributed by atoms with Gasteiger partial charge in [0, 0.05) is 18.7 Å². The first-order valence-corrected chi connectivity index (χ1v) is 13.4. The van der Waals surface area contributed by atoms with Crippen molar-refractivity contribution in [2.75, 3.05) is 27.3 Å². The van der Waals surface area contributed by atoms with E-state index >= 15 is 0 Å². The smallest absolute Gasteiger partial charge is 0.336 e. The lowest BCUT2D eigenvalue weighted by molar-refractivity contribution is -0.133. The standard InChI is InChI=1S/C31H30N2O7/c1-36-29-28-26(27-31(30(29)37-2)39-25(35)13-12-24(34)38-27)23(32-40-28)11-10-19-14-16-33(17-15-19)18-21-8-5-7-20-6-3-4-9-22(20)21/h3-9,12-13,19H,10-11,14-18H2,1-2H3/b13-12+. The zero-order valence-electron chi connectivity index (χ0n) is 22.5. The molecule has 0 bridgehead atoms. The topological polar surface area (TPSA) is 100 Å². The van der Waals surface area contributed by atoms with Gasteiger partial charge in [-0.15, -0.1) is 0 Å². The number of carbonyl (C=O) groups is 2. The van der Waals surface area contributed by atoms with Gasteiger partial charge in [-0.05, 0) is 61.0 Å². The summed E-state index contributed by atoms with van der Waals surface area (Å²) in [5.41, 5.74) is 2.24. The molecule has 1 fully saturated rings. The third-order valence-corrected chi connectivity index (χ3v) is 7.75. The second-order valence-electron chi connectivity index (χ2n) is 10.1. The molecule has 0 amide bonds. The Bertz CT molecular complexity index is 1610. The lowest BCUT2D eigenvalue weighted by Crippen LogP contribution is -2.33. The van der Waals surface area contributed by atoms with Crippen LogP contribution in [0.5, 0.6) is 23.0 Å². The molecule has 0 spiro atoms. The molecule has 0 radical (unpaired) electrons. The highest BCUT2D eigenvalue weighted by molar-refractivity contribution is 6.03. The van der Waals surface area contributed by atoms with Crippen LogP contribution in [0.1, 0.15) is 30.5 Å². The van der Waals surface area contributed by atoms with Crippen LogP contribution in [0.4, 0.5) is 0 Å². The second kappa shape index (κ2) is 11.0. The number of hydrogen-bond acceptors (Lipinski definition) is 9. The first kappa shape index (κ1) is 25.9. The number of benzene rings is 3. The van der Waals surface area contributed by atoms with Crippen LogP contribution in [-0.4, -0.2) is 49.3 Å². The molecule has 1 aromatic heterocycles. The highest BCUT2D eigenvalue weighted by Crippen LogP contribution is 2.52. The van der Waals surface area contributed by atoms with Gasteiger partial charge >= 0.3 is 11.9 Å². The summed E-state index contributed by atoms with van der Waals surface area (Å²) in [5.74, 6) is -0.631. The molecule has 2 aliphatic heterocycles. The monoisotopic (exact) mass is 542 g/mol. The SMILES string of the molecule is COc1c2c(c3c(CCC4CCN(Cc5cccc6ccccc56)CC4)noc3c1OC)OC(=O)/C=C/C(=O)O2. The fourth-order valence-electron chi connectivity index (χ4n) is 5.72. The maximum absolute atomic E-state index is 12.4. The summed E-state index contributed by atoms with van der Waals surface area (Å²) in [5, 5.41) is 7.33. The van der Waals surface area contributed by atoms with E-state index in [4.69, 9.17) is 23.5 Å². The summed E-state index contributed by atoms with van der Waals surface area (Å²) in [6.07, 6.45) is 5.67. The minimum Gasteiger partial charge on any atom is -0.490 e. The second-order valence-corrected chi connectivity index (χ2v) is 10.1. The summed E-state index contributed by atoms with van der Waals surface area (Å²) >= 11 is 0. The van der Waals surface area contributed by atoms with E-state index in [0.717, 1.165) is 51.0 Å². The van der Waals surface area contributed by atoms with Crippen molar-refractivity contribution in [3.63, 3.8) is 0 Å². The average Bonchev–Trinajstić information content (AvgIpc) is 3.39. The van der Waals surface area contributed by atoms with Gasteiger partial charge in [0.05, 0.1) is 25.3 Å². The van der Waals surface area contributed by atoms with Crippen LogP contribution in [0.25, 0.3) is 21.7 Å². The molecule has 0 unspecified atom stereocenters. The predicted octanol–water partition coefficient (Wildman–Crippen LogP) is 5.22. The number of nitrogens with zero attached hydrogens (tertiary/aromatic N) is 2. The number of hydrogen-bond donors (Lipinski definition) is 0. The molecule has 0 atom stereocenters. The third kappa shape index (κ3) is 4.88. The van der Waals surface area contributed by atoms with E-state index in [9.17, 15) is 9.59 Å². The summed E-state index contributed by atoms with van der Waals surface area (Å²) in [7, 11) is 2.85. The number of rotatable bonds is 7. The Hall–Kier alpha value is -4.37. The molecule has 3 heterocycles. The Morgan fingerprint density at radius 3 is 2.35 bits per heavy atom. The molecule has 9 nitrogen and oxygen atoms in total. The number of ether oxygens (including phenoxy) is 4. The van der Waals surface area contributed by atoms with E-state index in [1.165, 1.54) is 30.6 Å². The fraction of sp³-hybridized carbons (Fsp3) is 0.323. The quantitative estimate of drug-likeness (QED) is 0.230. The molecule has 3 aromatic carbocycles. The lowest BCUT2D eigenvalue weighted by Gasteiger charge is -2.32. The van der Waals surface area contributed by atoms with Gasteiger partial charge in [-0.3, -0.25) is 4.90 Å². The first-order valence-electron chi connectivity index (χ1n) is 13.4. The minimum absolute atomic E-state index is 0.0384. The van der Waals surface area contributed by atoms with Gasteiger partial charge in [0.2, 0.25) is 22.8 Å². The number of likely N-dealkylation sites (tertiary alicyclic amines) is 1. The minimum atomic E-state index is -0.731. The molecule has 2 aliphatic rings. The van der Waals surface area contributed by atoms with E-state index < -0.39 is 11.9 Å². The van der Waals surface area contributed by atoms with Crippen molar-refractivity contribution in [1.29, 1.82) is 0 Å². The molecule has 0 N–H and O–H groups in total. The van der Waals surface area contributed by atoms with Crippen LogP contribution in [0, 0.1) is 5.92 Å². The Kier molecular flexibility index (Phi) is 7.13. The van der Waals surface area contributed by atoms with Crippen LogP contribution in [0.3, 0.4) is 0 Å². The van der Waals surface area contributed by atoms with Gasteiger partial charge in [0.15, 0.2) is 5.75 Å². The van der Waals surface area contributed by atoms with Gasteiger partial charge in [-0.2, -0.15) is 0 Å². The van der Waals surface area contributed by atoms with Crippen molar-refractivity contribution in [2.45, 2.75) is 32.2 Å². The Balaban J connectivity index is 1.19. The Labute approximate surface area is 231 Å². The summed E-state index contributed by atoms with van der Waals surface area (Å²) in [6, 6.07) is 15.0. The molecule has 9 heteroatoms. The Morgan fingerprint density at radius 2 is 1.60 bits per heavy atom. The Morgan fingerprint density at radius 1 is 0.900 bits per heavy atom. The average molecular weight is 543 g/mol. The first-order chi connectivity index (χ1) is 19.6. The molecule has 0 aliphatic carbocycles. The molecule has 0 saturated carbocycles. The molecular formula is C31H30N2O7. The fourth-order valence-corrected chi connectivity index (χ4v) is 5.72. The van der Waals surface area contributed by atoms with Crippen molar-refractivity contribution < 1.29 is 33.1 Å². The predicted molar refractivity (Wildman–Crippen MR) is 148 cm³/mol. The number of methoxy groups -OCH3 is 2. The van der Waals surface area contributed by atoms with Crippen LogP contribution < -0.4 is 18.9 Å². The van der Waals surface area contributed by atoms with E-state index in [0.29, 0.717) is 23.4 Å². The number of esters is 2. The zero-order chi connectivity index (χ0) is 27.6. The zero-order valence-corrected chi connectivity index (χ0v) is 22.5. The highest BCUT2D eigenvalue weighted by atomic mass is 16.6. The van der Waals surface area contributed by atoms with Crippen LogP contribution in [-0.2, 0) is 22.6 Å². The van der Waals surface area contributed by atoms with E-state index in [1.54, 1.807) is 0 Å². The van der Waals surface area contributed by atoms with E-state index in [1.807, 2.05) is 0 Å². The van der Waals surface area contributed by atoms with Gasteiger partial charge in [0.25, 0.3) is 0 Å². The van der Waals surface area contributed by atoms with Crippen molar-refractivity contribution in [2.24, 2.45) is 5.92 Å². The lowest BCUT2D eigenvalue weighted by atomic mass is 9.90. The van der Waals surface area contributed by atoms with Gasteiger partial charge in [-0.25, -0.2) is 9.59 Å². The third-order valence-electron chi connectivity index (χ3n) is 7.75. The molecule has 40 heavy (non-hydrogen) atoms.